The van der Waals surface area contributed by atoms with Crippen LogP contribution in [0.25, 0.3) is 0 Å². The normalized spacial score (nSPS) is 57.2. The average Bonchev–Trinajstić information content (AvgIpc) is 2.85. The molecule has 4 saturated carbocycles. The van der Waals surface area contributed by atoms with E-state index in [1.807, 2.05) is 0 Å². The molecule has 0 bridgehead atoms. The Bertz CT molecular complexity index is 534. The first-order valence-corrected chi connectivity index (χ1v) is 9.74. The first-order chi connectivity index (χ1) is 11.3. The van der Waals surface area contributed by atoms with Gasteiger partial charge >= 0.3 is 0 Å². The number of carbonyl (C=O) groups is 1. The lowest BCUT2D eigenvalue weighted by molar-refractivity contribution is -0.213. The zero-order valence-corrected chi connectivity index (χ0v) is 15.2. The van der Waals surface area contributed by atoms with Crippen molar-refractivity contribution in [3.63, 3.8) is 0 Å². The fourth-order valence-electron chi connectivity index (χ4n) is 7.27. The van der Waals surface area contributed by atoms with Crippen LogP contribution in [0.15, 0.2) is 0 Å². The van der Waals surface area contributed by atoms with Gasteiger partial charge in [0.1, 0.15) is 5.78 Å². The van der Waals surface area contributed by atoms with Crippen LogP contribution in [0.4, 0.5) is 0 Å². The van der Waals surface area contributed by atoms with E-state index >= 15 is 0 Å². The number of ketones is 1. The standard InChI is InChI=1S/C20H32O4/c1-19-7-6-14-12(13(19)4-5-17(19)22)10-16(21)15-8-11(24-3)9-18(23)20(14,15)2/h11-16,18,21,23H,4-10H2,1-3H3/t11-,12+,13-,14+,15+,16-,18-,19-,20+/m0/s1. The van der Waals surface area contributed by atoms with Crippen LogP contribution < -0.4 is 0 Å². The Morgan fingerprint density at radius 3 is 2.50 bits per heavy atom. The number of aliphatic hydroxyl groups is 2. The number of fused-ring (bicyclic) bond motifs is 5. The molecule has 0 aromatic rings. The van der Waals surface area contributed by atoms with E-state index < -0.39 is 6.10 Å². The van der Waals surface area contributed by atoms with Crippen LogP contribution in [-0.4, -0.2) is 41.4 Å². The highest BCUT2D eigenvalue weighted by molar-refractivity contribution is 5.87. The van der Waals surface area contributed by atoms with E-state index in [9.17, 15) is 15.0 Å². The fraction of sp³-hybridized carbons (Fsp3) is 0.950. The number of methoxy groups -OCH3 is 1. The quantitative estimate of drug-likeness (QED) is 0.772. The van der Waals surface area contributed by atoms with Gasteiger partial charge in [-0.05, 0) is 55.8 Å². The summed E-state index contributed by atoms with van der Waals surface area (Å²) in [6, 6.07) is 0. The summed E-state index contributed by atoms with van der Waals surface area (Å²) in [5, 5.41) is 22.0. The van der Waals surface area contributed by atoms with Crippen molar-refractivity contribution in [1.82, 2.24) is 0 Å². The van der Waals surface area contributed by atoms with Gasteiger partial charge in [0.25, 0.3) is 0 Å². The second-order valence-electron chi connectivity index (χ2n) is 9.42. The van der Waals surface area contributed by atoms with Gasteiger partial charge in [0, 0.05) is 30.8 Å². The molecule has 4 nitrogen and oxygen atoms in total. The van der Waals surface area contributed by atoms with Gasteiger partial charge in [0.2, 0.25) is 0 Å². The van der Waals surface area contributed by atoms with Crippen LogP contribution in [0.2, 0.25) is 0 Å². The second kappa shape index (κ2) is 5.52. The molecule has 136 valence electrons. The molecule has 4 rings (SSSR count). The van der Waals surface area contributed by atoms with E-state index in [1.54, 1.807) is 7.11 Å². The van der Waals surface area contributed by atoms with Gasteiger partial charge in [0.15, 0.2) is 0 Å². The lowest BCUT2D eigenvalue weighted by Gasteiger charge is -2.62. The molecule has 4 aliphatic carbocycles. The van der Waals surface area contributed by atoms with E-state index in [1.165, 1.54) is 0 Å². The van der Waals surface area contributed by atoms with Gasteiger partial charge in [-0.3, -0.25) is 4.79 Å². The molecule has 4 fully saturated rings. The third-order valence-electron chi connectivity index (χ3n) is 8.78. The first-order valence-electron chi connectivity index (χ1n) is 9.74. The number of hydrogen-bond donors (Lipinski definition) is 2. The predicted molar refractivity (Wildman–Crippen MR) is 90.3 cm³/mol. The fourth-order valence-corrected chi connectivity index (χ4v) is 7.27. The molecule has 9 atom stereocenters. The lowest BCUT2D eigenvalue weighted by Crippen LogP contribution is -2.63. The van der Waals surface area contributed by atoms with Gasteiger partial charge in [-0.15, -0.1) is 0 Å². The molecule has 24 heavy (non-hydrogen) atoms. The minimum atomic E-state index is -0.426. The summed E-state index contributed by atoms with van der Waals surface area (Å²) in [7, 11) is 1.70. The molecule has 0 unspecified atom stereocenters. The molecule has 0 amide bonds. The predicted octanol–water partition coefficient (Wildman–Crippen LogP) is 2.55. The van der Waals surface area contributed by atoms with E-state index in [0.717, 1.165) is 32.1 Å². The number of Topliss-reactive ketones (excluding diaryl/α,β-unsaturated/α-hetero) is 1. The van der Waals surface area contributed by atoms with Crippen molar-refractivity contribution in [1.29, 1.82) is 0 Å². The molecular weight excluding hydrogens is 304 g/mol. The molecule has 0 heterocycles. The van der Waals surface area contributed by atoms with Gasteiger partial charge in [-0.2, -0.15) is 0 Å². The number of aliphatic hydroxyl groups excluding tert-OH is 2. The zero-order chi connectivity index (χ0) is 17.3. The molecule has 0 spiro atoms. The maximum atomic E-state index is 12.5. The summed E-state index contributed by atoms with van der Waals surface area (Å²) in [6.45, 7) is 4.36. The summed E-state index contributed by atoms with van der Waals surface area (Å²) in [6.07, 6.45) is 5.18. The summed E-state index contributed by atoms with van der Waals surface area (Å²) >= 11 is 0. The summed E-state index contributed by atoms with van der Waals surface area (Å²) < 4.78 is 5.52. The minimum absolute atomic E-state index is 0.0474. The van der Waals surface area contributed by atoms with Crippen molar-refractivity contribution in [3.8, 4) is 0 Å². The Hall–Kier alpha value is -0.450. The van der Waals surface area contributed by atoms with Gasteiger partial charge in [0.05, 0.1) is 18.3 Å². The molecule has 0 aromatic heterocycles. The number of ether oxygens (including phenoxy) is 1. The van der Waals surface area contributed by atoms with E-state index in [-0.39, 0.29) is 29.0 Å². The van der Waals surface area contributed by atoms with Crippen molar-refractivity contribution in [2.45, 2.75) is 77.1 Å². The Balaban J connectivity index is 1.69. The summed E-state index contributed by atoms with van der Waals surface area (Å²) in [4.78, 5) is 12.5. The van der Waals surface area contributed by atoms with Crippen LogP contribution in [0, 0.1) is 34.5 Å². The molecule has 0 radical (unpaired) electrons. The molecule has 4 aliphatic rings. The van der Waals surface area contributed by atoms with Crippen molar-refractivity contribution < 1.29 is 19.7 Å². The molecule has 0 aliphatic heterocycles. The van der Waals surface area contributed by atoms with E-state index in [4.69, 9.17) is 4.74 Å². The average molecular weight is 336 g/mol. The van der Waals surface area contributed by atoms with E-state index in [0.29, 0.717) is 36.4 Å². The highest BCUT2D eigenvalue weighted by atomic mass is 16.5. The highest BCUT2D eigenvalue weighted by Crippen LogP contribution is 2.65. The van der Waals surface area contributed by atoms with Gasteiger partial charge in [-0.25, -0.2) is 0 Å². The smallest absolute Gasteiger partial charge is 0.139 e. The Kier molecular flexibility index (Phi) is 3.91. The van der Waals surface area contributed by atoms with Crippen molar-refractivity contribution in [2.75, 3.05) is 7.11 Å². The summed E-state index contributed by atoms with van der Waals surface area (Å²) in [5.74, 6) is 1.72. The molecule has 2 N–H and O–H groups in total. The molecular formula is C20H32O4. The van der Waals surface area contributed by atoms with Crippen molar-refractivity contribution in [3.05, 3.63) is 0 Å². The number of rotatable bonds is 1. The van der Waals surface area contributed by atoms with Crippen molar-refractivity contribution >= 4 is 5.78 Å². The second-order valence-corrected chi connectivity index (χ2v) is 9.42. The molecule has 0 saturated heterocycles. The van der Waals surface area contributed by atoms with Crippen LogP contribution >= 0.6 is 0 Å². The van der Waals surface area contributed by atoms with Gasteiger partial charge in [-0.1, -0.05) is 13.8 Å². The maximum Gasteiger partial charge on any atom is 0.139 e. The largest absolute Gasteiger partial charge is 0.393 e. The van der Waals surface area contributed by atoms with Crippen LogP contribution in [0.1, 0.15) is 58.8 Å². The Labute approximate surface area is 145 Å². The SMILES string of the molecule is CO[C@H]1C[C@@H]2[C@@H](O)C[C@H]3[C@@H](CC[C@]4(C)C(=O)CC[C@@H]34)[C@@]2(C)[C@@H](O)C1. The summed E-state index contributed by atoms with van der Waals surface area (Å²) in [5.41, 5.74) is -0.427. The van der Waals surface area contributed by atoms with Crippen LogP contribution in [-0.2, 0) is 9.53 Å². The minimum Gasteiger partial charge on any atom is -0.393 e. The number of hydrogen-bond acceptors (Lipinski definition) is 4. The first kappa shape index (κ1) is 17.0. The van der Waals surface area contributed by atoms with Crippen LogP contribution in [0.5, 0.6) is 0 Å². The van der Waals surface area contributed by atoms with E-state index in [2.05, 4.69) is 13.8 Å². The van der Waals surface area contributed by atoms with Crippen LogP contribution in [0.3, 0.4) is 0 Å². The third kappa shape index (κ3) is 2.05. The molecule has 0 aromatic carbocycles. The zero-order valence-electron chi connectivity index (χ0n) is 15.2. The van der Waals surface area contributed by atoms with Crippen molar-refractivity contribution in [2.24, 2.45) is 34.5 Å². The Morgan fingerprint density at radius 1 is 1.04 bits per heavy atom. The Morgan fingerprint density at radius 2 is 1.79 bits per heavy atom. The monoisotopic (exact) mass is 336 g/mol. The number of carbonyl (C=O) groups excluding carboxylic acids is 1. The highest BCUT2D eigenvalue weighted by Gasteiger charge is 2.64. The maximum absolute atomic E-state index is 12.5. The topological polar surface area (TPSA) is 66.8 Å². The third-order valence-corrected chi connectivity index (χ3v) is 8.78. The molecule has 4 heteroatoms. The van der Waals surface area contributed by atoms with Gasteiger partial charge < -0.3 is 14.9 Å². The lowest BCUT2D eigenvalue weighted by atomic mass is 9.44.